The summed E-state index contributed by atoms with van der Waals surface area (Å²) in [5, 5.41) is 14.0. The van der Waals surface area contributed by atoms with Gasteiger partial charge in [-0.2, -0.15) is 0 Å². The number of hydrogen-bond donors (Lipinski definition) is 2. The van der Waals surface area contributed by atoms with E-state index in [2.05, 4.69) is 10.3 Å². The van der Waals surface area contributed by atoms with Crippen LogP contribution in [0.1, 0.15) is 15.2 Å². The lowest BCUT2D eigenvalue weighted by atomic mass is 10.3. The zero-order valence-corrected chi connectivity index (χ0v) is 10.3. The van der Waals surface area contributed by atoms with Gasteiger partial charge < -0.3 is 10.4 Å². The number of halogens is 1. The fourth-order valence-electron chi connectivity index (χ4n) is 1.29. The quantitative estimate of drug-likeness (QED) is 0.837. The molecule has 88 valence electrons. The lowest BCUT2D eigenvalue weighted by Gasteiger charge is -2.03. The second-order valence-corrected chi connectivity index (χ2v) is 4.71. The molecule has 0 aliphatic heterocycles. The molecule has 2 aromatic heterocycles. The zero-order valence-electron chi connectivity index (χ0n) is 8.68. The van der Waals surface area contributed by atoms with E-state index in [0.717, 1.165) is 10.6 Å². The van der Waals surface area contributed by atoms with Crippen LogP contribution < -0.4 is 5.32 Å². The van der Waals surface area contributed by atoms with Crippen LogP contribution in [0.25, 0.3) is 0 Å². The molecule has 0 saturated heterocycles. The van der Waals surface area contributed by atoms with Crippen molar-refractivity contribution in [3.8, 4) is 0 Å². The summed E-state index contributed by atoms with van der Waals surface area (Å²) in [6, 6.07) is 5.17. The molecule has 2 aromatic rings. The van der Waals surface area contributed by atoms with Crippen molar-refractivity contribution in [2.45, 2.75) is 6.54 Å². The minimum Gasteiger partial charge on any atom is -0.478 e. The van der Waals surface area contributed by atoms with Crippen LogP contribution >= 0.6 is 22.9 Å². The summed E-state index contributed by atoms with van der Waals surface area (Å²) >= 11 is 7.16. The van der Waals surface area contributed by atoms with Gasteiger partial charge in [-0.1, -0.05) is 11.6 Å². The highest BCUT2D eigenvalue weighted by Gasteiger charge is 2.06. The molecule has 0 unspecified atom stereocenters. The van der Waals surface area contributed by atoms with Crippen LogP contribution in [0.4, 0.5) is 5.69 Å². The number of carboxylic acid groups (broad SMARTS) is 1. The molecule has 0 aliphatic rings. The molecule has 0 bridgehead atoms. The maximum atomic E-state index is 10.7. The van der Waals surface area contributed by atoms with Crippen LogP contribution in [0.3, 0.4) is 0 Å². The smallest absolute Gasteiger partial charge is 0.336 e. The van der Waals surface area contributed by atoms with Crippen molar-refractivity contribution in [3.63, 3.8) is 0 Å². The van der Waals surface area contributed by atoms with Gasteiger partial charge in [0.2, 0.25) is 0 Å². The van der Waals surface area contributed by atoms with Gasteiger partial charge >= 0.3 is 5.97 Å². The first kappa shape index (κ1) is 11.9. The number of nitrogens with one attached hydrogen (secondary N) is 1. The molecular weight excluding hydrogens is 260 g/mol. The molecule has 2 N–H and O–H groups in total. The van der Waals surface area contributed by atoms with E-state index in [1.165, 1.54) is 11.3 Å². The Morgan fingerprint density at radius 2 is 2.35 bits per heavy atom. The van der Waals surface area contributed by atoms with Crippen LogP contribution in [0.5, 0.6) is 0 Å². The van der Waals surface area contributed by atoms with Crippen molar-refractivity contribution in [1.29, 1.82) is 0 Å². The molecule has 0 fully saturated rings. The van der Waals surface area contributed by atoms with Crippen molar-refractivity contribution < 1.29 is 9.90 Å². The van der Waals surface area contributed by atoms with Crippen molar-refractivity contribution in [1.82, 2.24) is 4.98 Å². The average Bonchev–Trinajstić information content (AvgIpc) is 2.75. The summed E-state index contributed by atoms with van der Waals surface area (Å²) in [4.78, 5) is 15.5. The molecule has 2 heterocycles. The molecule has 2 rings (SSSR count). The van der Waals surface area contributed by atoms with Crippen molar-refractivity contribution in [2.75, 3.05) is 5.32 Å². The van der Waals surface area contributed by atoms with Gasteiger partial charge in [0.1, 0.15) is 5.15 Å². The molecule has 0 aromatic carbocycles. The molecule has 17 heavy (non-hydrogen) atoms. The lowest BCUT2D eigenvalue weighted by Crippen LogP contribution is -1.98. The van der Waals surface area contributed by atoms with Gasteiger partial charge in [-0.25, -0.2) is 9.78 Å². The molecule has 0 saturated carbocycles. The molecule has 0 aliphatic carbocycles. The number of hydrogen-bond acceptors (Lipinski definition) is 4. The van der Waals surface area contributed by atoms with E-state index < -0.39 is 5.97 Å². The van der Waals surface area contributed by atoms with Crippen LogP contribution in [-0.4, -0.2) is 16.1 Å². The third-order valence-electron chi connectivity index (χ3n) is 2.09. The zero-order chi connectivity index (χ0) is 12.3. The summed E-state index contributed by atoms with van der Waals surface area (Å²) in [7, 11) is 0. The highest BCUT2D eigenvalue weighted by molar-refractivity contribution is 7.10. The van der Waals surface area contributed by atoms with Gasteiger partial charge in [-0.15, -0.1) is 11.3 Å². The average molecular weight is 269 g/mol. The van der Waals surface area contributed by atoms with Crippen molar-refractivity contribution in [2.24, 2.45) is 0 Å². The Hall–Kier alpha value is -1.59. The largest absolute Gasteiger partial charge is 0.478 e. The topological polar surface area (TPSA) is 62.2 Å². The second kappa shape index (κ2) is 5.16. The predicted octanol–water partition coefficient (Wildman–Crippen LogP) is 3.11. The van der Waals surface area contributed by atoms with Crippen LogP contribution in [0.2, 0.25) is 5.15 Å². The first-order chi connectivity index (χ1) is 8.15. The molecular formula is C11H9ClN2O2S. The summed E-state index contributed by atoms with van der Waals surface area (Å²) in [5.74, 6) is -0.903. The maximum absolute atomic E-state index is 10.7. The number of carboxylic acids is 1. The van der Waals surface area contributed by atoms with E-state index in [1.54, 1.807) is 29.8 Å². The van der Waals surface area contributed by atoms with Crippen LogP contribution in [0, 0.1) is 0 Å². The fraction of sp³-hybridized carbons (Fsp3) is 0.0909. The number of nitrogens with zero attached hydrogens (tertiary/aromatic N) is 1. The summed E-state index contributed by atoms with van der Waals surface area (Å²) < 4.78 is 0. The molecule has 0 atom stereocenters. The Kier molecular flexibility index (Phi) is 3.61. The SMILES string of the molecule is O=C(O)c1csc(CNc2ccnc(Cl)c2)c1. The van der Waals surface area contributed by atoms with Crippen LogP contribution in [0.15, 0.2) is 29.8 Å². The maximum Gasteiger partial charge on any atom is 0.336 e. The van der Waals surface area contributed by atoms with E-state index in [4.69, 9.17) is 16.7 Å². The van der Waals surface area contributed by atoms with Gasteiger partial charge in [-0.05, 0) is 18.2 Å². The van der Waals surface area contributed by atoms with E-state index in [9.17, 15) is 4.79 Å². The second-order valence-electron chi connectivity index (χ2n) is 3.33. The number of pyridine rings is 1. The van der Waals surface area contributed by atoms with Gasteiger partial charge in [0.25, 0.3) is 0 Å². The normalized spacial score (nSPS) is 10.2. The van der Waals surface area contributed by atoms with Crippen LogP contribution in [-0.2, 0) is 6.54 Å². The van der Waals surface area contributed by atoms with Crippen molar-refractivity contribution >= 4 is 34.6 Å². The third kappa shape index (κ3) is 3.18. The third-order valence-corrected chi connectivity index (χ3v) is 3.24. The Labute approximate surface area is 107 Å². The van der Waals surface area contributed by atoms with E-state index in [-0.39, 0.29) is 0 Å². The number of aromatic carboxylic acids is 1. The van der Waals surface area contributed by atoms with Gasteiger partial charge in [0, 0.05) is 28.7 Å². The van der Waals surface area contributed by atoms with Gasteiger partial charge in [0.05, 0.1) is 5.56 Å². The highest BCUT2D eigenvalue weighted by Crippen LogP contribution is 2.18. The Balaban J connectivity index is 2.00. The first-order valence-electron chi connectivity index (χ1n) is 4.81. The molecule has 0 spiro atoms. The molecule has 6 heteroatoms. The predicted molar refractivity (Wildman–Crippen MR) is 67.9 cm³/mol. The number of rotatable bonds is 4. The van der Waals surface area contributed by atoms with E-state index in [0.29, 0.717) is 17.3 Å². The standard InChI is InChI=1S/C11H9ClN2O2S/c12-10-4-8(1-2-13-10)14-5-9-3-7(6-17-9)11(15)16/h1-4,6H,5H2,(H,13,14)(H,15,16). The summed E-state index contributed by atoms with van der Waals surface area (Å²) in [6.45, 7) is 0.568. The Morgan fingerprint density at radius 3 is 3.00 bits per heavy atom. The van der Waals surface area contributed by atoms with Crippen molar-refractivity contribution in [3.05, 3.63) is 45.4 Å². The van der Waals surface area contributed by atoms with Gasteiger partial charge in [0.15, 0.2) is 0 Å². The van der Waals surface area contributed by atoms with Gasteiger partial charge in [-0.3, -0.25) is 0 Å². The Morgan fingerprint density at radius 1 is 1.53 bits per heavy atom. The highest BCUT2D eigenvalue weighted by atomic mass is 35.5. The summed E-state index contributed by atoms with van der Waals surface area (Å²) in [5.41, 5.74) is 1.18. The number of carbonyl (C=O) groups is 1. The fourth-order valence-corrected chi connectivity index (χ4v) is 2.26. The molecule has 0 amide bonds. The van der Waals surface area contributed by atoms with E-state index >= 15 is 0 Å². The minimum atomic E-state index is -0.903. The first-order valence-corrected chi connectivity index (χ1v) is 6.07. The Bertz CT molecular complexity index is 542. The molecule has 0 radical (unpaired) electrons. The monoisotopic (exact) mass is 268 g/mol. The minimum absolute atomic E-state index is 0.319. The number of aromatic nitrogens is 1. The number of thiophene rings is 1. The molecule has 4 nitrogen and oxygen atoms in total. The van der Waals surface area contributed by atoms with E-state index in [1.807, 2.05) is 0 Å². The number of anilines is 1. The lowest BCUT2D eigenvalue weighted by molar-refractivity contribution is 0.0697. The summed E-state index contributed by atoms with van der Waals surface area (Å²) in [6.07, 6.45) is 1.61.